The lowest BCUT2D eigenvalue weighted by Crippen LogP contribution is -2.54. The van der Waals surface area contributed by atoms with E-state index in [-0.39, 0.29) is 12.1 Å². The fourth-order valence-electron chi connectivity index (χ4n) is 3.96. The van der Waals surface area contributed by atoms with Crippen molar-refractivity contribution >= 4 is 23.2 Å². The Kier molecular flexibility index (Phi) is 6.08. The summed E-state index contributed by atoms with van der Waals surface area (Å²) in [7, 11) is 0. The lowest BCUT2D eigenvalue weighted by Gasteiger charge is -2.40. The van der Waals surface area contributed by atoms with Crippen molar-refractivity contribution in [2.45, 2.75) is 31.9 Å². The van der Waals surface area contributed by atoms with Crippen LogP contribution in [0.3, 0.4) is 0 Å². The molecule has 2 amide bonds. The van der Waals surface area contributed by atoms with Gasteiger partial charge in [0.2, 0.25) is 5.91 Å². The van der Waals surface area contributed by atoms with Crippen LogP contribution in [-0.4, -0.2) is 17.9 Å². The first-order valence-electron chi connectivity index (χ1n) is 10.5. The first-order chi connectivity index (χ1) is 16.4. The van der Waals surface area contributed by atoms with Gasteiger partial charge < -0.3 is 4.90 Å². The van der Waals surface area contributed by atoms with Crippen LogP contribution in [0.1, 0.15) is 34.0 Å². The summed E-state index contributed by atoms with van der Waals surface area (Å²) in [5, 5.41) is 0. The SMILES string of the molecule is C[C@@H]1C(=O)N(Cc2ccc(C(F)(F)F)cc2)c2ccccc2N1C(=O)c1cccc(C(F)(F)F)c1. The van der Waals surface area contributed by atoms with E-state index in [0.29, 0.717) is 16.9 Å². The smallest absolute Gasteiger partial charge is 0.304 e. The van der Waals surface area contributed by atoms with Crippen LogP contribution in [0.4, 0.5) is 37.7 Å². The monoisotopic (exact) mass is 492 g/mol. The molecule has 0 saturated carbocycles. The molecule has 0 aliphatic carbocycles. The topological polar surface area (TPSA) is 40.6 Å². The highest BCUT2D eigenvalue weighted by Gasteiger charge is 2.40. The average molecular weight is 492 g/mol. The summed E-state index contributed by atoms with van der Waals surface area (Å²) < 4.78 is 78.1. The van der Waals surface area contributed by atoms with Gasteiger partial charge in [0.15, 0.2) is 0 Å². The maximum absolute atomic E-state index is 13.3. The Morgan fingerprint density at radius 3 is 2.00 bits per heavy atom. The predicted molar refractivity (Wildman–Crippen MR) is 117 cm³/mol. The van der Waals surface area contributed by atoms with Crippen LogP contribution < -0.4 is 9.80 Å². The van der Waals surface area contributed by atoms with E-state index in [4.69, 9.17) is 0 Å². The first-order valence-corrected chi connectivity index (χ1v) is 10.5. The van der Waals surface area contributed by atoms with Gasteiger partial charge in [-0.3, -0.25) is 14.5 Å². The molecule has 0 spiro atoms. The van der Waals surface area contributed by atoms with Crippen molar-refractivity contribution in [3.63, 3.8) is 0 Å². The van der Waals surface area contributed by atoms with E-state index >= 15 is 0 Å². The van der Waals surface area contributed by atoms with Crippen molar-refractivity contribution in [2.24, 2.45) is 0 Å². The van der Waals surface area contributed by atoms with Gasteiger partial charge in [0.1, 0.15) is 6.04 Å². The maximum atomic E-state index is 13.3. The van der Waals surface area contributed by atoms with Gasteiger partial charge in [-0.2, -0.15) is 26.3 Å². The van der Waals surface area contributed by atoms with Gasteiger partial charge in [-0.25, -0.2) is 0 Å². The van der Waals surface area contributed by atoms with Crippen LogP contribution in [0.15, 0.2) is 72.8 Å². The van der Waals surface area contributed by atoms with Crippen LogP contribution >= 0.6 is 0 Å². The number of hydrogen-bond donors (Lipinski definition) is 0. The Labute approximate surface area is 196 Å². The molecule has 4 rings (SSSR count). The molecule has 0 saturated heterocycles. The summed E-state index contributed by atoms with van der Waals surface area (Å²) in [5.74, 6) is -1.30. The number of benzene rings is 3. The Hall–Kier alpha value is -3.82. The summed E-state index contributed by atoms with van der Waals surface area (Å²) >= 11 is 0. The molecule has 0 bridgehead atoms. The number of carbonyl (C=O) groups is 2. The molecule has 182 valence electrons. The minimum Gasteiger partial charge on any atom is -0.304 e. The van der Waals surface area contributed by atoms with Crippen LogP contribution in [0.25, 0.3) is 0 Å². The minimum atomic E-state index is -4.64. The van der Waals surface area contributed by atoms with Crippen LogP contribution in [-0.2, 0) is 23.7 Å². The molecule has 0 N–H and O–H groups in total. The molecule has 35 heavy (non-hydrogen) atoms. The fraction of sp³-hybridized carbons (Fsp3) is 0.200. The number of alkyl halides is 6. The second-order valence-electron chi connectivity index (χ2n) is 8.04. The molecule has 3 aromatic rings. The second-order valence-corrected chi connectivity index (χ2v) is 8.04. The number of amides is 2. The zero-order valence-corrected chi connectivity index (χ0v) is 18.2. The van der Waals surface area contributed by atoms with E-state index in [1.807, 2.05) is 0 Å². The summed E-state index contributed by atoms with van der Waals surface area (Å²) in [6.07, 6.45) is -9.14. The Balaban J connectivity index is 1.69. The molecule has 1 heterocycles. The second kappa shape index (κ2) is 8.75. The van der Waals surface area contributed by atoms with E-state index in [2.05, 4.69) is 0 Å². The van der Waals surface area contributed by atoms with Gasteiger partial charge in [-0.15, -0.1) is 0 Å². The molecular formula is C25H18F6N2O2. The number of rotatable bonds is 3. The van der Waals surface area contributed by atoms with Crippen molar-refractivity contribution in [3.8, 4) is 0 Å². The van der Waals surface area contributed by atoms with Crippen molar-refractivity contribution in [1.29, 1.82) is 0 Å². The average Bonchev–Trinajstić information content (AvgIpc) is 2.81. The van der Waals surface area contributed by atoms with Crippen molar-refractivity contribution in [3.05, 3.63) is 95.1 Å². The molecule has 0 aromatic heterocycles. The van der Waals surface area contributed by atoms with Crippen LogP contribution in [0, 0.1) is 0 Å². The van der Waals surface area contributed by atoms with E-state index in [0.717, 1.165) is 35.2 Å². The molecule has 0 unspecified atom stereocenters. The number of halogens is 6. The normalized spacial score (nSPS) is 16.3. The summed E-state index contributed by atoms with van der Waals surface area (Å²) in [5.41, 5.74) is -0.990. The third-order valence-electron chi connectivity index (χ3n) is 5.72. The molecule has 3 aromatic carbocycles. The number of para-hydroxylation sites is 2. The summed E-state index contributed by atoms with van der Waals surface area (Å²) in [6, 6.07) is 13.6. The number of nitrogens with zero attached hydrogens (tertiary/aromatic N) is 2. The first kappa shape index (κ1) is 24.3. The van der Waals surface area contributed by atoms with Crippen molar-refractivity contribution in [1.82, 2.24) is 0 Å². The van der Waals surface area contributed by atoms with E-state index in [1.54, 1.807) is 24.3 Å². The maximum Gasteiger partial charge on any atom is 0.416 e. The van der Waals surface area contributed by atoms with E-state index < -0.39 is 41.3 Å². The van der Waals surface area contributed by atoms with E-state index in [9.17, 15) is 35.9 Å². The zero-order chi connectivity index (χ0) is 25.5. The fourth-order valence-corrected chi connectivity index (χ4v) is 3.96. The number of hydrogen-bond acceptors (Lipinski definition) is 2. The van der Waals surface area contributed by atoms with Gasteiger partial charge >= 0.3 is 12.4 Å². The number of carbonyl (C=O) groups excluding carboxylic acids is 2. The quantitative estimate of drug-likeness (QED) is 0.403. The van der Waals surface area contributed by atoms with Gasteiger partial charge in [0.05, 0.1) is 29.0 Å². The lowest BCUT2D eigenvalue weighted by atomic mass is 10.0. The Bertz CT molecular complexity index is 1270. The highest BCUT2D eigenvalue weighted by molar-refractivity contribution is 6.17. The summed E-state index contributed by atoms with van der Waals surface area (Å²) in [4.78, 5) is 29.0. The molecule has 10 heteroatoms. The van der Waals surface area contributed by atoms with Gasteiger partial charge in [-0.1, -0.05) is 30.3 Å². The predicted octanol–water partition coefficient (Wildman–Crippen LogP) is 6.31. The largest absolute Gasteiger partial charge is 0.416 e. The molecule has 1 aliphatic rings. The number of fused-ring (bicyclic) bond motifs is 1. The van der Waals surface area contributed by atoms with Crippen molar-refractivity contribution < 1.29 is 35.9 Å². The minimum absolute atomic E-state index is 0.0517. The third-order valence-corrected chi connectivity index (χ3v) is 5.72. The van der Waals surface area contributed by atoms with Gasteiger partial charge in [0, 0.05) is 5.56 Å². The number of anilines is 2. The highest BCUT2D eigenvalue weighted by atomic mass is 19.4. The third kappa shape index (κ3) is 4.73. The van der Waals surface area contributed by atoms with Crippen LogP contribution in [0.5, 0.6) is 0 Å². The van der Waals surface area contributed by atoms with Gasteiger partial charge in [-0.05, 0) is 55.0 Å². The molecule has 4 nitrogen and oxygen atoms in total. The molecule has 1 aliphatic heterocycles. The lowest BCUT2D eigenvalue weighted by molar-refractivity contribution is -0.138. The van der Waals surface area contributed by atoms with Crippen molar-refractivity contribution in [2.75, 3.05) is 9.80 Å². The standard InChI is InChI=1S/C25H18F6N2O2/c1-15-22(34)32(14-16-9-11-18(12-10-16)24(26,27)28)20-7-2-3-8-21(20)33(15)23(35)17-5-4-6-19(13-17)25(29,30)31/h2-13,15H,14H2,1H3/t15-/m1/s1. The van der Waals surface area contributed by atoms with Gasteiger partial charge in [0.25, 0.3) is 5.91 Å². The Morgan fingerprint density at radius 2 is 1.40 bits per heavy atom. The molecule has 0 fully saturated rings. The molecule has 0 radical (unpaired) electrons. The van der Waals surface area contributed by atoms with Crippen LogP contribution in [0.2, 0.25) is 0 Å². The highest BCUT2D eigenvalue weighted by Crippen LogP contribution is 2.39. The zero-order valence-electron chi connectivity index (χ0n) is 18.2. The summed E-state index contributed by atoms with van der Waals surface area (Å²) in [6.45, 7) is 1.40. The Morgan fingerprint density at radius 1 is 0.800 bits per heavy atom. The molecule has 1 atom stereocenters. The van der Waals surface area contributed by atoms with E-state index in [1.165, 1.54) is 30.0 Å². The molecular weight excluding hydrogens is 474 g/mol.